The van der Waals surface area contributed by atoms with Crippen LogP contribution in [0.5, 0.6) is 0 Å². The van der Waals surface area contributed by atoms with Crippen LogP contribution in [0.1, 0.15) is 67.2 Å². The maximum Gasteiger partial charge on any atom is 0.0278 e. The molecule has 2 nitrogen and oxygen atoms in total. The number of nitrogens with one attached hydrogen (secondary N) is 1. The lowest BCUT2D eigenvalue weighted by Gasteiger charge is -2.46. The van der Waals surface area contributed by atoms with Crippen LogP contribution in [0, 0.1) is 5.41 Å². The van der Waals surface area contributed by atoms with E-state index < -0.39 is 0 Å². The monoisotopic (exact) mass is 254 g/mol. The fraction of sp³-hybridized carbons (Fsp3) is 1.00. The van der Waals surface area contributed by atoms with E-state index in [2.05, 4.69) is 51.8 Å². The van der Waals surface area contributed by atoms with Crippen molar-refractivity contribution in [3.8, 4) is 0 Å². The Morgan fingerprint density at radius 1 is 1.28 bits per heavy atom. The zero-order chi connectivity index (χ0) is 13.8. The molecule has 18 heavy (non-hydrogen) atoms. The molecule has 2 atom stereocenters. The molecule has 0 aromatic heterocycles. The highest BCUT2D eigenvalue weighted by molar-refractivity contribution is 4.93. The average Bonchev–Trinajstić information content (AvgIpc) is 2.28. The third-order valence-corrected chi connectivity index (χ3v) is 4.46. The Morgan fingerprint density at radius 2 is 1.94 bits per heavy atom. The fourth-order valence-electron chi connectivity index (χ4n) is 2.84. The van der Waals surface area contributed by atoms with Gasteiger partial charge < -0.3 is 5.32 Å². The summed E-state index contributed by atoms with van der Waals surface area (Å²) in [6, 6.07) is 0.740. The van der Waals surface area contributed by atoms with Crippen molar-refractivity contribution in [1.82, 2.24) is 10.2 Å². The number of hydrogen-bond donors (Lipinski definition) is 1. The normalized spacial score (nSPS) is 30.7. The molecular weight excluding hydrogens is 220 g/mol. The largest absolute Gasteiger partial charge is 0.309 e. The van der Waals surface area contributed by atoms with Crippen LogP contribution in [0.3, 0.4) is 0 Å². The van der Waals surface area contributed by atoms with Crippen LogP contribution < -0.4 is 5.32 Å². The number of hydrogen-bond acceptors (Lipinski definition) is 2. The summed E-state index contributed by atoms with van der Waals surface area (Å²) in [5, 5.41) is 3.74. The Hall–Kier alpha value is -0.0800. The molecule has 2 heteroatoms. The molecule has 0 bridgehead atoms. The molecule has 0 aliphatic carbocycles. The second kappa shape index (κ2) is 6.38. The average molecular weight is 254 g/mol. The van der Waals surface area contributed by atoms with E-state index in [0.29, 0.717) is 11.0 Å². The number of nitrogens with zero attached hydrogens (tertiary/aromatic N) is 1. The minimum absolute atomic E-state index is 0.327. The Kier molecular flexibility index (Phi) is 5.67. The van der Waals surface area contributed by atoms with E-state index in [9.17, 15) is 0 Å². The number of piperazine rings is 1. The summed E-state index contributed by atoms with van der Waals surface area (Å²) in [5.41, 5.74) is 0.803. The van der Waals surface area contributed by atoms with Gasteiger partial charge in [-0.05, 0) is 44.6 Å². The van der Waals surface area contributed by atoms with Gasteiger partial charge in [0.25, 0.3) is 0 Å². The summed E-state index contributed by atoms with van der Waals surface area (Å²) >= 11 is 0. The van der Waals surface area contributed by atoms with Gasteiger partial charge in [-0.25, -0.2) is 0 Å². The molecule has 1 fully saturated rings. The molecule has 1 N–H and O–H groups in total. The summed E-state index contributed by atoms with van der Waals surface area (Å²) in [4.78, 5) is 2.73. The molecule has 0 radical (unpaired) electrons. The van der Waals surface area contributed by atoms with Crippen LogP contribution in [0.2, 0.25) is 0 Å². The maximum atomic E-state index is 3.74. The summed E-state index contributed by atoms with van der Waals surface area (Å²) < 4.78 is 0. The summed E-state index contributed by atoms with van der Waals surface area (Å²) in [7, 11) is 0. The zero-order valence-corrected chi connectivity index (χ0v) is 13.5. The fourth-order valence-corrected chi connectivity index (χ4v) is 2.84. The topological polar surface area (TPSA) is 15.3 Å². The molecule has 1 aliphatic rings. The van der Waals surface area contributed by atoms with E-state index in [0.717, 1.165) is 12.6 Å². The van der Waals surface area contributed by atoms with E-state index >= 15 is 0 Å². The number of rotatable bonds is 5. The highest BCUT2D eigenvalue weighted by Crippen LogP contribution is 2.24. The van der Waals surface area contributed by atoms with Crippen molar-refractivity contribution >= 4 is 0 Å². The smallest absolute Gasteiger partial charge is 0.0278 e. The van der Waals surface area contributed by atoms with Gasteiger partial charge in [-0.1, -0.05) is 34.6 Å². The van der Waals surface area contributed by atoms with Crippen LogP contribution in [-0.4, -0.2) is 36.1 Å². The maximum absolute atomic E-state index is 3.74. The van der Waals surface area contributed by atoms with Gasteiger partial charge in [0.05, 0.1) is 0 Å². The van der Waals surface area contributed by atoms with Gasteiger partial charge >= 0.3 is 0 Å². The first-order valence-corrected chi connectivity index (χ1v) is 7.79. The predicted molar refractivity (Wildman–Crippen MR) is 81.0 cm³/mol. The van der Waals surface area contributed by atoms with Crippen LogP contribution in [-0.2, 0) is 0 Å². The Bertz CT molecular complexity index is 244. The summed E-state index contributed by atoms with van der Waals surface area (Å²) in [6.07, 6.45) is 5.15. The van der Waals surface area contributed by atoms with E-state index in [1.54, 1.807) is 0 Å². The molecule has 0 spiro atoms. The second-order valence-electron chi connectivity index (χ2n) is 7.49. The Balaban J connectivity index is 2.48. The molecule has 1 aliphatic heterocycles. The highest BCUT2D eigenvalue weighted by Gasteiger charge is 2.33. The van der Waals surface area contributed by atoms with Crippen molar-refractivity contribution in [2.75, 3.05) is 19.6 Å². The van der Waals surface area contributed by atoms with Crippen LogP contribution in [0.25, 0.3) is 0 Å². The third kappa shape index (κ3) is 4.89. The van der Waals surface area contributed by atoms with E-state index in [4.69, 9.17) is 0 Å². The second-order valence-corrected chi connectivity index (χ2v) is 7.49. The third-order valence-electron chi connectivity index (χ3n) is 4.46. The van der Waals surface area contributed by atoms with Gasteiger partial charge in [0.1, 0.15) is 0 Å². The van der Waals surface area contributed by atoms with Gasteiger partial charge in [-0.2, -0.15) is 0 Å². The molecule has 2 unspecified atom stereocenters. The molecule has 0 aromatic rings. The quantitative estimate of drug-likeness (QED) is 0.805. The van der Waals surface area contributed by atoms with Crippen molar-refractivity contribution in [2.24, 2.45) is 5.41 Å². The van der Waals surface area contributed by atoms with Gasteiger partial charge in [-0.3, -0.25) is 4.90 Å². The standard InChI is InChI=1S/C16H34N2/c1-7-14-12-17-16(6,8-2)13-18(14)11-9-10-15(3,4)5/h14,17H,7-13H2,1-6H3. The van der Waals surface area contributed by atoms with Crippen molar-refractivity contribution in [3.63, 3.8) is 0 Å². The predicted octanol–water partition coefficient (Wildman–Crippen LogP) is 3.67. The first-order chi connectivity index (χ1) is 8.29. The molecular formula is C16H34N2. The van der Waals surface area contributed by atoms with Crippen LogP contribution in [0.4, 0.5) is 0 Å². The van der Waals surface area contributed by atoms with Crippen molar-refractivity contribution < 1.29 is 0 Å². The minimum atomic E-state index is 0.327. The van der Waals surface area contributed by atoms with Crippen molar-refractivity contribution in [2.45, 2.75) is 78.8 Å². The minimum Gasteiger partial charge on any atom is -0.309 e. The highest BCUT2D eigenvalue weighted by atomic mass is 15.2. The SMILES string of the molecule is CCC1CNC(C)(CC)CN1CCCC(C)(C)C. The summed E-state index contributed by atoms with van der Waals surface area (Å²) in [5.74, 6) is 0. The van der Waals surface area contributed by atoms with Gasteiger partial charge in [0, 0.05) is 24.7 Å². The molecule has 0 saturated carbocycles. The van der Waals surface area contributed by atoms with Gasteiger partial charge in [0.15, 0.2) is 0 Å². The van der Waals surface area contributed by atoms with Crippen molar-refractivity contribution in [1.29, 1.82) is 0 Å². The lowest BCUT2D eigenvalue weighted by atomic mass is 9.89. The Morgan fingerprint density at radius 3 is 2.44 bits per heavy atom. The van der Waals surface area contributed by atoms with Crippen molar-refractivity contribution in [3.05, 3.63) is 0 Å². The molecule has 108 valence electrons. The van der Waals surface area contributed by atoms with Gasteiger partial charge in [0.2, 0.25) is 0 Å². The van der Waals surface area contributed by atoms with E-state index in [-0.39, 0.29) is 0 Å². The first kappa shape index (κ1) is 16.0. The lowest BCUT2D eigenvalue weighted by Crippen LogP contribution is -2.62. The Labute approximate surface area is 115 Å². The van der Waals surface area contributed by atoms with E-state index in [1.807, 2.05) is 0 Å². The summed E-state index contributed by atoms with van der Waals surface area (Å²) in [6.45, 7) is 17.7. The molecule has 0 amide bonds. The van der Waals surface area contributed by atoms with Crippen LogP contribution in [0.15, 0.2) is 0 Å². The van der Waals surface area contributed by atoms with E-state index in [1.165, 1.54) is 38.8 Å². The lowest BCUT2D eigenvalue weighted by molar-refractivity contribution is 0.0779. The zero-order valence-electron chi connectivity index (χ0n) is 13.5. The van der Waals surface area contributed by atoms with Gasteiger partial charge in [-0.15, -0.1) is 0 Å². The molecule has 1 heterocycles. The molecule has 1 saturated heterocycles. The van der Waals surface area contributed by atoms with Crippen LogP contribution >= 0.6 is 0 Å². The first-order valence-electron chi connectivity index (χ1n) is 7.79. The molecule has 0 aromatic carbocycles. The molecule has 1 rings (SSSR count).